The Morgan fingerprint density at radius 3 is 3.09 bits per heavy atom. The Morgan fingerprint density at radius 2 is 2.45 bits per heavy atom. The zero-order valence-corrected chi connectivity index (χ0v) is 7.06. The molecule has 0 radical (unpaired) electrons. The van der Waals surface area contributed by atoms with E-state index >= 15 is 0 Å². The maximum atomic E-state index is 12.2. The molecule has 1 heterocycles. The van der Waals surface area contributed by atoms with Crippen LogP contribution in [0.5, 0.6) is 0 Å². The van der Waals surface area contributed by atoms with Gasteiger partial charge in [0.15, 0.2) is 0 Å². The van der Waals surface area contributed by atoms with Crippen molar-refractivity contribution in [3.63, 3.8) is 0 Å². The van der Waals surface area contributed by atoms with Gasteiger partial charge < -0.3 is 4.79 Å². The van der Waals surface area contributed by atoms with Crippen LogP contribution in [0.2, 0.25) is 0 Å². The van der Waals surface area contributed by atoms with Crippen LogP contribution in [0.1, 0.15) is 6.42 Å². The van der Waals surface area contributed by atoms with Crippen LogP contribution in [0.3, 0.4) is 0 Å². The molecular weight excluding hydrogens is 163 g/mol. The van der Waals surface area contributed by atoms with Gasteiger partial charge in [-0.15, -0.1) is 0 Å². The minimum Gasteiger partial charge on any atom is -0.303 e. The highest BCUT2D eigenvalue weighted by Crippen LogP contribution is 2.41. The van der Waals surface area contributed by atoms with Crippen LogP contribution in [0.4, 0.5) is 4.39 Å². The van der Waals surface area contributed by atoms with Crippen molar-refractivity contribution < 1.29 is 9.18 Å². The summed E-state index contributed by atoms with van der Waals surface area (Å²) in [4.78, 5) is 10.9. The van der Waals surface area contributed by atoms with Crippen molar-refractivity contribution in [2.75, 3.05) is 12.4 Å². The van der Waals surface area contributed by atoms with Gasteiger partial charge in [0, 0.05) is 6.42 Å². The Kier molecular flexibility index (Phi) is 3.36. The van der Waals surface area contributed by atoms with Crippen LogP contribution in [-0.2, 0) is 4.79 Å². The number of allylic oxidation sites excluding steroid dienone is 3. The van der Waals surface area contributed by atoms with Crippen LogP contribution in [-0.4, -0.2) is 18.7 Å². The molecule has 0 bridgehead atoms. The molecule has 62 valence electrons. The molecular formula is C8H11FOS. The Hall–Kier alpha value is -0.570. The van der Waals surface area contributed by atoms with E-state index in [1.165, 1.54) is 0 Å². The quantitative estimate of drug-likeness (QED) is 0.509. The van der Waals surface area contributed by atoms with Gasteiger partial charge in [0.2, 0.25) is 0 Å². The first-order chi connectivity index (χ1) is 5.38. The second-order valence-electron chi connectivity index (χ2n) is 2.28. The lowest BCUT2D eigenvalue weighted by molar-refractivity contribution is -0.107. The number of hydrogen-bond acceptors (Lipinski definition) is 1. The van der Waals surface area contributed by atoms with Gasteiger partial charge in [0.05, 0.1) is 0 Å². The van der Waals surface area contributed by atoms with Crippen molar-refractivity contribution in [2.24, 2.45) is 0 Å². The smallest absolute Gasteiger partial charge is 0.120 e. The van der Waals surface area contributed by atoms with Crippen LogP contribution in [0.25, 0.3) is 0 Å². The first kappa shape index (κ1) is 8.53. The van der Waals surface area contributed by atoms with Gasteiger partial charge in [-0.2, -0.15) is 0 Å². The largest absolute Gasteiger partial charge is 0.303 e. The van der Waals surface area contributed by atoms with E-state index in [0.717, 1.165) is 16.9 Å². The summed E-state index contributed by atoms with van der Waals surface area (Å²) in [6.07, 6.45) is 5.14. The Bertz CT molecular complexity index is 198. The third-order valence-electron chi connectivity index (χ3n) is 1.55. The zero-order chi connectivity index (χ0) is 8.10. The van der Waals surface area contributed by atoms with Gasteiger partial charge in [-0.1, -0.05) is 12.2 Å². The number of aldehydes is 1. The summed E-state index contributed by atoms with van der Waals surface area (Å²) in [6.45, 7) is -0.364. The van der Waals surface area contributed by atoms with Crippen molar-refractivity contribution in [1.82, 2.24) is 0 Å². The van der Waals surface area contributed by atoms with Crippen molar-refractivity contribution >= 4 is 17.2 Å². The van der Waals surface area contributed by atoms with E-state index < -0.39 is 10.9 Å². The van der Waals surface area contributed by atoms with E-state index in [4.69, 9.17) is 0 Å². The normalized spacial score (nSPS) is 25.2. The molecule has 0 aromatic heterocycles. The molecule has 1 atom stereocenters. The fraction of sp³-hybridized carbons (Fsp3) is 0.375. The summed E-state index contributed by atoms with van der Waals surface area (Å²) in [7, 11) is -0.440. The molecule has 0 saturated heterocycles. The number of carbonyl (C=O) groups is 1. The zero-order valence-electron chi connectivity index (χ0n) is 6.16. The van der Waals surface area contributed by atoms with Gasteiger partial charge in [0.25, 0.3) is 0 Å². The monoisotopic (exact) mass is 174 g/mol. The topological polar surface area (TPSA) is 17.1 Å². The molecule has 1 unspecified atom stereocenters. The summed E-state index contributed by atoms with van der Waals surface area (Å²) in [5, 5.41) is 2.01. The molecule has 0 aliphatic carbocycles. The Balaban J connectivity index is 2.39. The fourth-order valence-corrected chi connectivity index (χ4v) is 2.72. The molecule has 0 N–H and O–H groups in total. The van der Waals surface area contributed by atoms with Crippen LogP contribution in [0, 0.1) is 0 Å². The standard InChI is InChI=1S/C8H11FOS/c9-7-8-3-1-5-11(8)6-2-4-10/h1,3-5,11H,2,6-7H2. The van der Waals surface area contributed by atoms with Crippen LogP contribution in [0.15, 0.2) is 22.5 Å². The van der Waals surface area contributed by atoms with Crippen molar-refractivity contribution in [3.05, 3.63) is 22.5 Å². The fourth-order valence-electron chi connectivity index (χ4n) is 0.981. The lowest BCUT2D eigenvalue weighted by Crippen LogP contribution is -1.90. The number of thiol groups is 1. The highest BCUT2D eigenvalue weighted by Gasteiger charge is 2.09. The Morgan fingerprint density at radius 1 is 1.64 bits per heavy atom. The molecule has 0 aromatic carbocycles. The van der Waals surface area contributed by atoms with E-state index in [9.17, 15) is 9.18 Å². The minimum absolute atomic E-state index is 0.364. The van der Waals surface area contributed by atoms with Crippen LogP contribution < -0.4 is 0 Å². The maximum absolute atomic E-state index is 12.2. The number of alkyl halides is 1. The number of hydrogen-bond donors (Lipinski definition) is 1. The predicted octanol–water partition coefficient (Wildman–Crippen LogP) is 1.96. The molecule has 0 saturated carbocycles. The first-order valence-corrected chi connectivity index (χ1v) is 5.11. The van der Waals surface area contributed by atoms with E-state index in [1.54, 1.807) is 0 Å². The van der Waals surface area contributed by atoms with Crippen molar-refractivity contribution in [3.8, 4) is 0 Å². The van der Waals surface area contributed by atoms with Crippen LogP contribution >= 0.6 is 10.9 Å². The average Bonchev–Trinajstić information content (AvgIpc) is 2.47. The molecule has 3 heteroatoms. The summed E-state index contributed by atoms with van der Waals surface area (Å²) in [5.74, 6) is 0.811. The third kappa shape index (κ3) is 2.19. The molecule has 0 spiro atoms. The van der Waals surface area contributed by atoms with Crippen molar-refractivity contribution in [1.29, 1.82) is 0 Å². The third-order valence-corrected chi connectivity index (χ3v) is 3.83. The maximum Gasteiger partial charge on any atom is 0.120 e. The second kappa shape index (κ2) is 4.34. The highest BCUT2D eigenvalue weighted by atomic mass is 32.2. The lowest BCUT2D eigenvalue weighted by atomic mass is 10.5. The van der Waals surface area contributed by atoms with Gasteiger partial charge >= 0.3 is 0 Å². The first-order valence-electron chi connectivity index (χ1n) is 3.52. The second-order valence-corrected chi connectivity index (χ2v) is 4.54. The molecule has 1 aliphatic heterocycles. The molecule has 1 aliphatic rings. The Labute approximate surface area is 68.3 Å². The SMILES string of the molecule is O=CCC[SH]1C=CC=C1CF. The van der Waals surface area contributed by atoms with Gasteiger partial charge in [0.1, 0.15) is 13.0 Å². The number of rotatable bonds is 4. The molecule has 0 aromatic rings. The molecule has 0 fully saturated rings. The summed E-state index contributed by atoms with van der Waals surface area (Å²) in [5.41, 5.74) is 0. The molecule has 1 nitrogen and oxygen atoms in total. The minimum atomic E-state index is -0.440. The summed E-state index contributed by atoms with van der Waals surface area (Å²) >= 11 is 0. The van der Waals surface area contributed by atoms with Gasteiger partial charge in [-0.05, 0) is 16.1 Å². The van der Waals surface area contributed by atoms with E-state index in [2.05, 4.69) is 0 Å². The lowest BCUT2D eigenvalue weighted by Gasteiger charge is -2.13. The van der Waals surface area contributed by atoms with E-state index in [-0.39, 0.29) is 6.67 Å². The molecule has 1 rings (SSSR count). The summed E-state index contributed by atoms with van der Waals surface area (Å²) in [6, 6.07) is 0. The number of carbonyl (C=O) groups excluding carboxylic acids is 1. The number of halogens is 1. The molecule has 11 heavy (non-hydrogen) atoms. The molecule has 0 amide bonds. The average molecular weight is 174 g/mol. The predicted molar refractivity (Wildman–Crippen MR) is 47.7 cm³/mol. The van der Waals surface area contributed by atoms with Gasteiger partial charge in [-0.25, -0.2) is 15.3 Å². The van der Waals surface area contributed by atoms with E-state index in [0.29, 0.717) is 6.42 Å². The summed E-state index contributed by atoms with van der Waals surface area (Å²) < 4.78 is 12.2. The van der Waals surface area contributed by atoms with Crippen molar-refractivity contribution in [2.45, 2.75) is 6.42 Å². The van der Waals surface area contributed by atoms with Gasteiger partial charge in [-0.3, -0.25) is 0 Å². The highest BCUT2D eigenvalue weighted by molar-refractivity contribution is 8.23. The van der Waals surface area contributed by atoms with E-state index in [1.807, 2.05) is 17.6 Å².